The predicted octanol–water partition coefficient (Wildman–Crippen LogP) is 9.59. The van der Waals surface area contributed by atoms with Gasteiger partial charge in [-0.3, -0.25) is 0 Å². The Hall–Kier alpha value is -1.83. The van der Waals surface area contributed by atoms with Crippen LogP contribution in [0.2, 0.25) is 0 Å². The normalized spacial score (nSPS) is 25.4. The summed E-state index contributed by atoms with van der Waals surface area (Å²) in [7, 11) is 0. The summed E-state index contributed by atoms with van der Waals surface area (Å²) in [5.74, 6) is 3.55. The van der Waals surface area contributed by atoms with Crippen LogP contribution in [-0.4, -0.2) is 6.61 Å². The SMILES string of the molecule is C/C=C/COc1cc2ccc(C3CCC4CC(CCCCCCC)CCC4C3)cc2cc1F. The van der Waals surface area contributed by atoms with Crippen molar-refractivity contribution in [2.75, 3.05) is 6.61 Å². The van der Waals surface area contributed by atoms with E-state index in [1.807, 2.05) is 25.1 Å². The average Bonchev–Trinajstić information content (AvgIpc) is 2.83. The van der Waals surface area contributed by atoms with Gasteiger partial charge in [-0.2, -0.15) is 0 Å². The third kappa shape index (κ3) is 6.40. The van der Waals surface area contributed by atoms with E-state index < -0.39 is 0 Å². The van der Waals surface area contributed by atoms with Gasteiger partial charge in [-0.1, -0.05) is 82.2 Å². The van der Waals surface area contributed by atoms with Crippen molar-refractivity contribution in [3.8, 4) is 5.75 Å². The summed E-state index contributed by atoms with van der Waals surface area (Å²) in [5, 5.41) is 2.06. The number of ether oxygens (including phenoxy) is 1. The second-order valence-electron chi connectivity index (χ2n) is 10.7. The highest BCUT2D eigenvalue weighted by Gasteiger charge is 2.35. The molecule has 2 aliphatic rings. The Kier molecular flexibility index (Phi) is 8.87. The van der Waals surface area contributed by atoms with Crippen molar-refractivity contribution < 1.29 is 9.13 Å². The van der Waals surface area contributed by atoms with Gasteiger partial charge in [-0.15, -0.1) is 0 Å². The molecule has 0 aromatic heterocycles. The van der Waals surface area contributed by atoms with Crippen molar-refractivity contribution in [3.63, 3.8) is 0 Å². The van der Waals surface area contributed by atoms with Crippen molar-refractivity contribution in [2.45, 2.75) is 96.8 Å². The number of halogens is 1. The molecule has 4 unspecified atom stereocenters. The number of rotatable bonds is 10. The second-order valence-corrected chi connectivity index (χ2v) is 10.7. The molecule has 0 N–H and O–H groups in total. The molecule has 4 rings (SSSR count). The van der Waals surface area contributed by atoms with Gasteiger partial charge < -0.3 is 4.74 Å². The number of unbranched alkanes of at least 4 members (excludes halogenated alkanes) is 4. The highest BCUT2D eigenvalue weighted by atomic mass is 19.1. The van der Waals surface area contributed by atoms with E-state index in [1.54, 1.807) is 6.07 Å². The minimum absolute atomic E-state index is 0.263. The van der Waals surface area contributed by atoms with E-state index in [9.17, 15) is 4.39 Å². The van der Waals surface area contributed by atoms with E-state index >= 15 is 0 Å². The van der Waals surface area contributed by atoms with Gasteiger partial charge in [-0.25, -0.2) is 4.39 Å². The number of hydrogen-bond acceptors (Lipinski definition) is 1. The zero-order valence-corrected chi connectivity index (χ0v) is 20.8. The molecule has 2 aromatic rings. The number of fused-ring (bicyclic) bond motifs is 2. The largest absolute Gasteiger partial charge is 0.486 e. The fraction of sp³-hybridized carbons (Fsp3) is 0.613. The van der Waals surface area contributed by atoms with Gasteiger partial charge in [0, 0.05) is 0 Å². The zero-order valence-electron chi connectivity index (χ0n) is 20.8. The molecule has 0 amide bonds. The van der Waals surface area contributed by atoms with Gasteiger partial charge in [0.25, 0.3) is 0 Å². The van der Waals surface area contributed by atoms with Crippen LogP contribution in [0.5, 0.6) is 5.75 Å². The van der Waals surface area contributed by atoms with E-state index in [-0.39, 0.29) is 5.82 Å². The Morgan fingerprint density at radius 1 is 0.909 bits per heavy atom. The third-order valence-electron chi connectivity index (χ3n) is 8.39. The standard InChI is InChI=1S/C31H43FO/c1-3-5-7-8-9-10-23-11-12-25-19-26(14-13-24(25)18-23)27-15-16-28-22-31(33-17-6-4-2)30(32)21-29(28)20-27/h4,6,15-16,20-26H,3,5,7-14,17-19H2,1-2H3/b6-4+. The molecule has 0 bridgehead atoms. The molecule has 2 aromatic carbocycles. The average molecular weight is 451 g/mol. The molecule has 4 atom stereocenters. The first kappa shape index (κ1) is 24.3. The van der Waals surface area contributed by atoms with Crippen LogP contribution in [0, 0.1) is 23.6 Å². The summed E-state index contributed by atoms with van der Waals surface area (Å²) in [6.07, 6.45) is 20.7. The summed E-state index contributed by atoms with van der Waals surface area (Å²) in [6.45, 7) is 4.64. The summed E-state index contributed by atoms with van der Waals surface area (Å²) >= 11 is 0. The number of allylic oxidation sites excluding steroid dienone is 1. The molecule has 180 valence electrons. The first-order chi connectivity index (χ1) is 16.2. The van der Waals surface area contributed by atoms with Crippen molar-refractivity contribution in [1.82, 2.24) is 0 Å². The Balaban J connectivity index is 1.33. The fourth-order valence-corrected chi connectivity index (χ4v) is 6.45. The van der Waals surface area contributed by atoms with Crippen LogP contribution in [0.25, 0.3) is 10.8 Å². The summed E-state index contributed by atoms with van der Waals surface area (Å²) in [4.78, 5) is 0. The van der Waals surface area contributed by atoms with Gasteiger partial charge in [0.1, 0.15) is 6.61 Å². The van der Waals surface area contributed by atoms with Crippen LogP contribution in [0.1, 0.15) is 102 Å². The van der Waals surface area contributed by atoms with Crippen molar-refractivity contribution >= 4 is 10.8 Å². The first-order valence-corrected chi connectivity index (χ1v) is 13.6. The van der Waals surface area contributed by atoms with Gasteiger partial charge in [0.15, 0.2) is 11.6 Å². The molecule has 0 heterocycles. The molecular weight excluding hydrogens is 407 g/mol. The molecule has 0 saturated heterocycles. The van der Waals surface area contributed by atoms with Crippen molar-refractivity contribution in [3.05, 3.63) is 53.9 Å². The maximum absolute atomic E-state index is 14.6. The first-order valence-electron chi connectivity index (χ1n) is 13.6. The zero-order chi connectivity index (χ0) is 23.0. The van der Waals surface area contributed by atoms with Crippen molar-refractivity contribution in [1.29, 1.82) is 0 Å². The molecule has 2 saturated carbocycles. The van der Waals surface area contributed by atoms with Crippen molar-refractivity contribution in [2.24, 2.45) is 17.8 Å². The lowest BCUT2D eigenvalue weighted by Gasteiger charge is -2.42. The lowest BCUT2D eigenvalue weighted by atomic mass is 9.63. The summed E-state index contributed by atoms with van der Waals surface area (Å²) in [5.41, 5.74) is 1.40. The Morgan fingerprint density at radius 3 is 2.58 bits per heavy atom. The van der Waals surface area contributed by atoms with Crippen LogP contribution in [0.15, 0.2) is 42.5 Å². The summed E-state index contributed by atoms with van der Waals surface area (Å²) in [6, 6.07) is 10.2. The summed E-state index contributed by atoms with van der Waals surface area (Å²) < 4.78 is 20.2. The van der Waals surface area contributed by atoms with Gasteiger partial charge in [0.05, 0.1) is 0 Å². The molecule has 0 radical (unpaired) electrons. The van der Waals surface area contributed by atoms with Crippen LogP contribution in [0.4, 0.5) is 4.39 Å². The Labute approximate surface area is 200 Å². The van der Waals surface area contributed by atoms with Gasteiger partial charge in [-0.05, 0) is 91.2 Å². The van der Waals surface area contributed by atoms with Gasteiger partial charge >= 0.3 is 0 Å². The molecule has 2 aliphatic carbocycles. The van der Waals surface area contributed by atoms with E-state index in [0.717, 1.165) is 28.5 Å². The van der Waals surface area contributed by atoms with E-state index in [4.69, 9.17) is 4.74 Å². The minimum Gasteiger partial charge on any atom is -0.486 e. The monoisotopic (exact) mass is 450 g/mol. The quantitative estimate of drug-likeness (QED) is 0.258. The maximum Gasteiger partial charge on any atom is 0.165 e. The smallest absolute Gasteiger partial charge is 0.165 e. The topological polar surface area (TPSA) is 9.23 Å². The van der Waals surface area contributed by atoms with E-state index in [2.05, 4.69) is 25.1 Å². The maximum atomic E-state index is 14.6. The Bertz CT molecular complexity index is 917. The van der Waals surface area contributed by atoms with E-state index in [0.29, 0.717) is 18.3 Å². The van der Waals surface area contributed by atoms with Crippen LogP contribution in [0.3, 0.4) is 0 Å². The molecule has 0 spiro atoms. The lowest BCUT2D eigenvalue weighted by Crippen LogP contribution is -2.30. The molecule has 2 heteroatoms. The highest BCUT2D eigenvalue weighted by Crippen LogP contribution is 2.48. The number of hydrogen-bond donors (Lipinski definition) is 0. The van der Waals surface area contributed by atoms with E-state index in [1.165, 1.54) is 82.6 Å². The molecule has 2 fully saturated rings. The number of benzene rings is 2. The second kappa shape index (κ2) is 12.0. The predicted molar refractivity (Wildman–Crippen MR) is 139 cm³/mol. The Morgan fingerprint density at radius 2 is 1.73 bits per heavy atom. The molecular formula is C31H43FO. The molecule has 0 aliphatic heterocycles. The van der Waals surface area contributed by atoms with Crippen LogP contribution >= 0.6 is 0 Å². The third-order valence-corrected chi connectivity index (χ3v) is 8.39. The molecule has 33 heavy (non-hydrogen) atoms. The lowest BCUT2D eigenvalue weighted by molar-refractivity contribution is 0.113. The minimum atomic E-state index is -0.263. The van der Waals surface area contributed by atoms with Crippen LogP contribution in [-0.2, 0) is 0 Å². The fourth-order valence-electron chi connectivity index (χ4n) is 6.45. The molecule has 1 nitrogen and oxygen atoms in total. The highest BCUT2D eigenvalue weighted by molar-refractivity contribution is 5.85. The van der Waals surface area contributed by atoms with Gasteiger partial charge in [0.2, 0.25) is 0 Å². The van der Waals surface area contributed by atoms with Crippen LogP contribution < -0.4 is 4.74 Å².